The summed E-state index contributed by atoms with van der Waals surface area (Å²) < 4.78 is 23.9. The number of hydrogen-bond acceptors (Lipinski definition) is 4. The minimum Gasteiger partial charge on any atom is -0.481 e. The van der Waals surface area contributed by atoms with Crippen molar-refractivity contribution in [2.24, 2.45) is 0 Å². The van der Waals surface area contributed by atoms with E-state index in [9.17, 15) is 18.0 Å². The summed E-state index contributed by atoms with van der Waals surface area (Å²) in [6.07, 6.45) is 0.274. The van der Waals surface area contributed by atoms with E-state index in [4.69, 9.17) is 5.11 Å². The van der Waals surface area contributed by atoms with E-state index in [1.54, 1.807) is 12.1 Å². The molecule has 0 aliphatic carbocycles. The minimum absolute atomic E-state index is 0.00275. The van der Waals surface area contributed by atoms with Crippen molar-refractivity contribution < 1.29 is 23.1 Å². The van der Waals surface area contributed by atoms with E-state index < -0.39 is 15.8 Å². The van der Waals surface area contributed by atoms with Crippen LogP contribution in [0.15, 0.2) is 29.2 Å². The average molecular weight is 299 g/mol. The molecular weight excluding hydrogens is 282 g/mol. The van der Waals surface area contributed by atoms with E-state index in [1.807, 2.05) is 0 Å². The quantitative estimate of drug-likeness (QED) is 0.768. The van der Waals surface area contributed by atoms with E-state index in [0.717, 1.165) is 5.56 Å². The first-order chi connectivity index (χ1) is 9.35. The van der Waals surface area contributed by atoms with Crippen LogP contribution in [-0.4, -0.2) is 38.2 Å². The summed E-state index contributed by atoms with van der Waals surface area (Å²) in [5.74, 6) is -1.47. The molecule has 0 aliphatic heterocycles. The molecule has 0 atom stereocenters. The van der Waals surface area contributed by atoms with Gasteiger partial charge in [-0.25, -0.2) is 8.42 Å². The van der Waals surface area contributed by atoms with Crippen molar-refractivity contribution >= 4 is 21.7 Å². The van der Waals surface area contributed by atoms with Crippen molar-refractivity contribution in [3.8, 4) is 0 Å². The van der Waals surface area contributed by atoms with Gasteiger partial charge in [0.2, 0.25) is 5.91 Å². The number of carbonyl (C=O) groups excluding carboxylic acids is 1. The molecule has 1 amide bonds. The maximum atomic E-state index is 12.0. The summed E-state index contributed by atoms with van der Waals surface area (Å²) in [7, 11) is -2.04. The number of benzene rings is 1. The topological polar surface area (TPSA) is 101 Å². The first-order valence-corrected chi connectivity index (χ1v) is 7.74. The number of rotatable bonds is 7. The maximum Gasteiger partial charge on any atom is 0.303 e. The molecular formula is C13H17NO5S. The molecule has 0 bridgehead atoms. The highest BCUT2D eigenvalue weighted by molar-refractivity contribution is 7.91. The molecule has 20 heavy (non-hydrogen) atoms. The lowest BCUT2D eigenvalue weighted by molar-refractivity contribution is -0.137. The van der Waals surface area contributed by atoms with Gasteiger partial charge in [-0.1, -0.05) is 12.1 Å². The van der Waals surface area contributed by atoms with E-state index in [2.05, 4.69) is 5.32 Å². The Balaban J connectivity index is 2.71. The third kappa shape index (κ3) is 5.00. The number of hydrogen-bond donors (Lipinski definition) is 2. The first-order valence-electron chi connectivity index (χ1n) is 6.09. The summed E-state index contributed by atoms with van der Waals surface area (Å²) >= 11 is 0. The zero-order valence-electron chi connectivity index (χ0n) is 11.1. The van der Waals surface area contributed by atoms with Crippen LogP contribution in [0.25, 0.3) is 0 Å². The molecule has 7 heteroatoms. The Labute approximate surface area is 117 Å². The second kappa shape index (κ2) is 7.04. The lowest BCUT2D eigenvalue weighted by atomic mass is 10.1. The van der Waals surface area contributed by atoms with Crippen LogP contribution < -0.4 is 5.32 Å². The van der Waals surface area contributed by atoms with Gasteiger partial charge in [-0.15, -0.1) is 0 Å². The van der Waals surface area contributed by atoms with Crippen molar-refractivity contribution in [1.29, 1.82) is 0 Å². The van der Waals surface area contributed by atoms with Crippen LogP contribution in [-0.2, 0) is 25.8 Å². The Kier molecular flexibility index (Phi) is 5.69. The summed E-state index contributed by atoms with van der Waals surface area (Å²) in [4.78, 5) is 21.6. The monoisotopic (exact) mass is 299 g/mol. The third-order valence-corrected chi connectivity index (χ3v) is 4.52. The van der Waals surface area contributed by atoms with Gasteiger partial charge in [0, 0.05) is 19.9 Å². The molecule has 0 aliphatic rings. The number of carboxylic acids is 1. The zero-order chi connectivity index (χ0) is 15.2. The second-order valence-electron chi connectivity index (χ2n) is 4.28. The molecule has 110 valence electrons. The van der Waals surface area contributed by atoms with Gasteiger partial charge in [0.25, 0.3) is 0 Å². The molecule has 0 spiro atoms. The number of aryl methyl sites for hydroxylation is 1. The molecule has 0 saturated heterocycles. The van der Waals surface area contributed by atoms with Crippen LogP contribution in [0.5, 0.6) is 0 Å². The molecule has 1 rings (SSSR count). The lowest BCUT2D eigenvalue weighted by Gasteiger charge is -2.05. The number of carbonyl (C=O) groups is 2. The largest absolute Gasteiger partial charge is 0.481 e. The Bertz CT molecular complexity index is 577. The van der Waals surface area contributed by atoms with Gasteiger partial charge in [0.05, 0.1) is 10.6 Å². The highest BCUT2D eigenvalue weighted by Crippen LogP contribution is 2.14. The van der Waals surface area contributed by atoms with E-state index in [1.165, 1.54) is 19.2 Å². The molecule has 0 unspecified atom stereocenters. The molecule has 0 heterocycles. The Morgan fingerprint density at radius 3 is 2.25 bits per heavy atom. The van der Waals surface area contributed by atoms with Gasteiger partial charge in [0.1, 0.15) is 0 Å². The van der Waals surface area contributed by atoms with Crippen molar-refractivity contribution in [3.05, 3.63) is 29.8 Å². The second-order valence-corrected chi connectivity index (χ2v) is 6.39. The van der Waals surface area contributed by atoms with Gasteiger partial charge in [0.15, 0.2) is 9.84 Å². The highest BCUT2D eigenvalue weighted by Gasteiger charge is 2.15. The van der Waals surface area contributed by atoms with E-state index >= 15 is 0 Å². The smallest absolute Gasteiger partial charge is 0.303 e. The predicted molar refractivity (Wildman–Crippen MR) is 73.1 cm³/mol. The van der Waals surface area contributed by atoms with Crippen LogP contribution in [0, 0.1) is 0 Å². The van der Waals surface area contributed by atoms with Gasteiger partial charge in [-0.2, -0.15) is 0 Å². The van der Waals surface area contributed by atoms with Gasteiger partial charge >= 0.3 is 5.97 Å². The number of aliphatic carboxylic acids is 1. The van der Waals surface area contributed by atoms with Crippen LogP contribution in [0.1, 0.15) is 18.4 Å². The molecule has 0 fully saturated rings. The number of amides is 1. The van der Waals surface area contributed by atoms with Crippen molar-refractivity contribution in [2.75, 3.05) is 12.8 Å². The summed E-state index contributed by atoms with van der Waals surface area (Å²) in [5, 5.41) is 10.9. The van der Waals surface area contributed by atoms with Gasteiger partial charge in [-0.3, -0.25) is 9.59 Å². The van der Waals surface area contributed by atoms with E-state index in [0.29, 0.717) is 6.42 Å². The summed E-state index contributed by atoms with van der Waals surface area (Å²) in [6.45, 7) is 0. The summed E-state index contributed by atoms with van der Waals surface area (Å²) in [6, 6.07) is 6.07. The molecule has 1 aromatic rings. The fourth-order valence-corrected chi connectivity index (χ4v) is 2.83. The Hall–Kier alpha value is -1.89. The number of carboxylic acid groups (broad SMARTS) is 1. The molecule has 6 nitrogen and oxygen atoms in total. The molecule has 0 radical (unpaired) electrons. The SMILES string of the molecule is CNC(=O)CCS(=O)(=O)c1ccc(CCC(=O)O)cc1. The van der Waals surface area contributed by atoms with Crippen LogP contribution in [0.3, 0.4) is 0 Å². The normalized spacial score (nSPS) is 11.1. The number of nitrogens with one attached hydrogen (secondary N) is 1. The Morgan fingerprint density at radius 1 is 1.15 bits per heavy atom. The van der Waals surface area contributed by atoms with Crippen molar-refractivity contribution in [1.82, 2.24) is 5.32 Å². The minimum atomic E-state index is -3.49. The highest BCUT2D eigenvalue weighted by atomic mass is 32.2. The lowest BCUT2D eigenvalue weighted by Crippen LogP contribution is -2.21. The van der Waals surface area contributed by atoms with Crippen LogP contribution >= 0.6 is 0 Å². The molecule has 0 saturated carbocycles. The Morgan fingerprint density at radius 2 is 1.75 bits per heavy atom. The fraction of sp³-hybridized carbons (Fsp3) is 0.385. The van der Waals surface area contributed by atoms with Crippen LogP contribution in [0.2, 0.25) is 0 Å². The van der Waals surface area contributed by atoms with Gasteiger partial charge < -0.3 is 10.4 Å². The van der Waals surface area contributed by atoms with E-state index in [-0.39, 0.29) is 29.4 Å². The maximum absolute atomic E-state index is 12.0. The fourth-order valence-electron chi connectivity index (χ4n) is 1.58. The zero-order valence-corrected chi connectivity index (χ0v) is 11.9. The van der Waals surface area contributed by atoms with Crippen LogP contribution in [0.4, 0.5) is 0 Å². The summed E-state index contributed by atoms with van der Waals surface area (Å²) in [5.41, 5.74) is 0.762. The van der Waals surface area contributed by atoms with Gasteiger partial charge in [-0.05, 0) is 24.1 Å². The first kappa shape index (κ1) is 16.2. The van der Waals surface area contributed by atoms with Crippen molar-refractivity contribution in [2.45, 2.75) is 24.2 Å². The molecule has 1 aromatic carbocycles. The molecule has 0 aromatic heterocycles. The molecule has 2 N–H and O–H groups in total. The standard InChI is InChI=1S/C13H17NO5S/c1-14-12(15)8-9-20(18,19)11-5-2-10(3-6-11)4-7-13(16)17/h2-3,5-6H,4,7-9H2,1H3,(H,14,15)(H,16,17). The average Bonchev–Trinajstić information content (AvgIpc) is 2.43. The number of sulfone groups is 1. The van der Waals surface area contributed by atoms with Crippen molar-refractivity contribution in [3.63, 3.8) is 0 Å². The predicted octanol–water partition coefficient (Wildman–Crippen LogP) is 0.614. The third-order valence-electron chi connectivity index (χ3n) is 2.79.